The number of ketones is 1. The molecule has 0 unspecified atom stereocenters. The minimum absolute atomic E-state index is 0.0539. The zero-order valence-corrected chi connectivity index (χ0v) is 9.67. The number of alkyl halides is 1. The second-order valence-corrected chi connectivity index (χ2v) is 4.04. The molecule has 13 heavy (non-hydrogen) atoms. The van der Waals surface area contributed by atoms with Crippen LogP contribution in [0.3, 0.4) is 0 Å². The number of hydrogen-bond donors (Lipinski definition) is 1. The van der Waals surface area contributed by atoms with Gasteiger partial charge in [0.2, 0.25) is 0 Å². The van der Waals surface area contributed by atoms with Gasteiger partial charge in [0.25, 0.3) is 0 Å². The van der Waals surface area contributed by atoms with Crippen LogP contribution in [0.25, 0.3) is 0 Å². The predicted octanol–water partition coefficient (Wildman–Crippen LogP) is 2.81. The van der Waals surface area contributed by atoms with Crippen molar-refractivity contribution in [3.8, 4) is 5.75 Å². The maximum Gasteiger partial charge on any atom is 0.167 e. The Bertz CT molecular complexity index is 325. The van der Waals surface area contributed by atoms with Crippen LogP contribution in [0.4, 0.5) is 0 Å². The third-order valence-electron chi connectivity index (χ3n) is 1.61. The molecule has 0 saturated carbocycles. The summed E-state index contributed by atoms with van der Waals surface area (Å²) in [7, 11) is 0. The van der Waals surface area contributed by atoms with Crippen molar-refractivity contribution >= 4 is 40.0 Å². The van der Waals surface area contributed by atoms with Gasteiger partial charge in [-0.1, -0.05) is 6.07 Å². The van der Waals surface area contributed by atoms with E-state index in [0.29, 0.717) is 9.13 Å². The molecule has 1 aromatic rings. The SMILES string of the molecule is O=C(CCCl)c1cccc(I)c1O. The first-order chi connectivity index (χ1) is 6.16. The lowest BCUT2D eigenvalue weighted by atomic mass is 10.1. The zero-order chi connectivity index (χ0) is 9.84. The second kappa shape index (κ2) is 4.81. The van der Waals surface area contributed by atoms with E-state index >= 15 is 0 Å². The van der Waals surface area contributed by atoms with Crippen molar-refractivity contribution in [3.63, 3.8) is 0 Å². The van der Waals surface area contributed by atoms with Gasteiger partial charge in [0.1, 0.15) is 5.75 Å². The predicted molar refractivity (Wildman–Crippen MR) is 60.5 cm³/mol. The molecule has 0 heterocycles. The molecular formula is C9H8ClIO2. The van der Waals surface area contributed by atoms with E-state index in [-0.39, 0.29) is 23.8 Å². The van der Waals surface area contributed by atoms with E-state index in [0.717, 1.165) is 0 Å². The van der Waals surface area contributed by atoms with Crippen LogP contribution in [0.15, 0.2) is 18.2 Å². The van der Waals surface area contributed by atoms with Crippen LogP contribution >= 0.6 is 34.2 Å². The summed E-state index contributed by atoms with van der Waals surface area (Å²) in [5, 5.41) is 9.52. The fraction of sp³-hybridized carbons (Fsp3) is 0.222. The van der Waals surface area contributed by atoms with Crippen LogP contribution in [0.5, 0.6) is 5.75 Å². The number of Topliss-reactive ketones (excluding diaryl/α,β-unsaturated/α-hetero) is 1. The zero-order valence-electron chi connectivity index (χ0n) is 6.76. The quantitative estimate of drug-likeness (QED) is 0.529. The second-order valence-electron chi connectivity index (χ2n) is 2.50. The van der Waals surface area contributed by atoms with E-state index < -0.39 is 0 Å². The van der Waals surface area contributed by atoms with E-state index in [1.165, 1.54) is 0 Å². The van der Waals surface area contributed by atoms with E-state index in [1.807, 2.05) is 22.6 Å². The lowest BCUT2D eigenvalue weighted by Crippen LogP contribution is -2.00. The first-order valence-electron chi connectivity index (χ1n) is 3.73. The molecule has 0 saturated heterocycles. The fourth-order valence-corrected chi connectivity index (χ4v) is 1.63. The number of phenols is 1. The Morgan fingerprint density at radius 2 is 2.23 bits per heavy atom. The highest BCUT2D eigenvalue weighted by molar-refractivity contribution is 14.1. The molecule has 1 N–H and O–H groups in total. The van der Waals surface area contributed by atoms with Gasteiger partial charge in [-0.25, -0.2) is 0 Å². The van der Waals surface area contributed by atoms with Crippen molar-refractivity contribution in [2.45, 2.75) is 6.42 Å². The minimum atomic E-state index is -0.119. The molecule has 1 rings (SSSR count). The van der Waals surface area contributed by atoms with Gasteiger partial charge in [0.05, 0.1) is 9.13 Å². The Morgan fingerprint density at radius 3 is 2.85 bits per heavy atom. The Kier molecular flexibility index (Phi) is 3.99. The van der Waals surface area contributed by atoms with Crippen molar-refractivity contribution in [2.75, 3.05) is 5.88 Å². The van der Waals surface area contributed by atoms with Crippen LogP contribution < -0.4 is 0 Å². The van der Waals surface area contributed by atoms with Crippen LogP contribution in [0.2, 0.25) is 0 Å². The summed E-state index contributed by atoms with van der Waals surface area (Å²) in [5.41, 5.74) is 0.354. The van der Waals surface area contributed by atoms with Gasteiger partial charge < -0.3 is 5.11 Å². The number of para-hydroxylation sites is 1. The normalized spacial score (nSPS) is 10.0. The standard InChI is InChI=1S/C9H8ClIO2/c10-5-4-8(12)6-2-1-3-7(11)9(6)13/h1-3,13H,4-5H2. The highest BCUT2D eigenvalue weighted by atomic mass is 127. The van der Waals surface area contributed by atoms with Crippen molar-refractivity contribution in [2.24, 2.45) is 0 Å². The van der Waals surface area contributed by atoms with Gasteiger partial charge in [-0.3, -0.25) is 4.79 Å². The Hall–Kier alpha value is -0.290. The Morgan fingerprint density at radius 1 is 1.54 bits per heavy atom. The summed E-state index contributed by atoms with van der Waals surface area (Å²) in [5.74, 6) is 0.216. The Labute approximate surface area is 95.0 Å². The third-order valence-corrected chi connectivity index (χ3v) is 2.67. The highest BCUT2D eigenvalue weighted by Gasteiger charge is 2.11. The van der Waals surface area contributed by atoms with E-state index in [9.17, 15) is 9.90 Å². The molecule has 0 amide bonds. The van der Waals surface area contributed by atoms with Crippen LogP contribution in [-0.2, 0) is 0 Å². The molecule has 4 heteroatoms. The highest BCUT2D eigenvalue weighted by Crippen LogP contribution is 2.24. The summed E-state index contributed by atoms with van der Waals surface area (Å²) in [4.78, 5) is 11.4. The smallest absolute Gasteiger partial charge is 0.167 e. The lowest BCUT2D eigenvalue weighted by Gasteiger charge is -2.03. The lowest BCUT2D eigenvalue weighted by molar-refractivity contribution is 0.0986. The summed E-state index contributed by atoms with van der Waals surface area (Å²) in [6, 6.07) is 5.09. The van der Waals surface area contributed by atoms with Gasteiger partial charge >= 0.3 is 0 Å². The first-order valence-corrected chi connectivity index (χ1v) is 5.34. The van der Waals surface area contributed by atoms with Gasteiger partial charge in [-0.05, 0) is 34.7 Å². The van der Waals surface area contributed by atoms with Crippen molar-refractivity contribution in [1.29, 1.82) is 0 Å². The van der Waals surface area contributed by atoms with Gasteiger partial charge in [-0.2, -0.15) is 0 Å². The molecule has 2 nitrogen and oxygen atoms in total. The largest absolute Gasteiger partial charge is 0.506 e. The fourth-order valence-electron chi connectivity index (χ4n) is 0.961. The number of rotatable bonds is 3. The summed E-state index contributed by atoms with van der Waals surface area (Å²) in [6.07, 6.45) is 0.259. The Balaban J connectivity index is 3.01. The average molecular weight is 311 g/mol. The third kappa shape index (κ3) is 2.57. The molecule has 1 aromatic carbocycles. The number of hydrogen-bond acceptors (Lipinski definition) is 2. The van der Waals surface area contributed by atoms with Crippen LogP contribution in [0, 0.1) is 3.57 Å². The molecular weight excluding hydrogens is 302 g/mol. The average Bonchev–Trinajstić information content (AvgIpc) is 2.10. The topological polar surface area (TPSA) is 37.3 Å². The number of aromatic hydroxyl groups is 1. The molecule has 0 aliphatic rings. The van der Waals surface area contributed by atoms with E-state index in [4.69, 9.17) is 11.6 Å². The summed E-state index contributed by atoms with van der Waals surface area (Å²) >= 11 is 7.41. The van der Waals surface area contributed by atoms with Gasteiger partial charge in [-0.15, -0.1) is 11.6 Å². The van der Waals surface area contributed by atoms with E-state index in [2.05, 4.69) is 0 Å². The van der Waals surface area contributed by atoms with Crippen LogP contribution in [-0.4, -0.2) is 16.8 Å². The number of halogens is 2. The number of phenolic OH excluding ortho intramolecular Hbond substituents is 1. The maximum absolute atomic E-state index is 11.4. The van der Waals surface area contributed by atoms with E-state index in [1.54, 1.807) is 18.2 Å². The molecule has 0 aliphatic heterocycles. The van der Waals surface area contributed by atoms with Gasteiger partial charge in [0, 0.05) is 12.3 Å². The number of carbonyl (C=O) groups excluding carboxylic acids is 1. The molecule has 0 atom stereocenters. The number of benzene rings is 1. The molecule has 0 spiro atoms. The first kappa shape index (κ1) is 10.8. The van der Waals surface area contributed by atoms with Crippen molar-refractivity contribution < 1.29 is 9.90 Å². The van der Waals surface area contributed by atoms with Crippen molar-refractivity contribution in [1.82, 2.24) is 0 Å². The summed E-state index contributed by atoms with van der Waals surface area (Å²) < 4.78 is 0.679. The molecule has 0 radical (unpaired) electrons. The molecule has 0 aliphatic carbocycles. The number of carbonyl (C=O) groups is 1. The van der Waals surface area contributed by atoms with Crippen molar-refractivity contribution in [3.05, 3.63) is 27.3 Å². The molecule has 70 valence electrons. The maximum atomic E-state index is 11.4. The monoisotopic (exact) mass is 310 g/mol. The van der Waals surface area contributed by atoms with Gasteiger partial charge in [0.15, 0.2) is 5.78 Å². The molecule has 0 fully saturated rings. The molecule has 0 aromatic heterocycles. The molecule has 0 bridgehead atoms. The van der Waals surface area contributed by atoms with Crippen LogP contribution in [0.1, 0.15) is 16.8 Å². The minimum Gasteiger partial charge on any atom is -0.506 e. The summed E-state index contributed by atoms with van der Waals surface area (Å²) in [6.45, 7) is 0.